The third-order valence-electron chi connectivity index (χ3n) is 3.61. The zero-order valence-corrected chi connectivity index (χ0v) is 11.0. The molecule has 1 aromatic rings. The van der Waals surface area contributed by atoms with E-state index >= 15 is 0 Å². The van der Waals surface area contributed by atoms with Gasteiger partial charge in [-0.05, 0) is 44.3 Å². The number of hydrogen-bond acceptors (Lipinski definition) is 3. The van der Waals surface area contributed by atoms with E-state index in [4.69, 9.17) is 0 Å². The van der Waals surface area contributed by atoms with Gasteiger partial charge in [0.05, 0.1) is 5.56 Å². The Morgan fingerprint density at radius 3 is 2.90 bits per heavy atom. The number of pyridine rings is 1. The van der Waals surface area contributed by atoms with Crippen LogP contribution in [0.5, 0.6) is 0 Å². The van der Waals surface area contributed by atoms with Gasteiger partial charge in [-0.2, -0.15) is 13.2 Å². The molecule has 1 unspecified atom stereocenters. The van der Waals surface area contributed by atoms with Crippen molar-refractivity contribution in [2.24, 2.45) is 5.92 Å². The third kappa shape index (κ3) is 3.79. The molecule has 0 aromatic carbocycles. The summed E-state index contributed by atoms with van der Waals surface area (Å²) < 4.78 is 38.4. The predicted octanol–water partition coefficient (Wildman–Crippen LogP) is 3.06. The number of carbonyl (C=O) groups is 1. The Bertz CT molecular complexity index is 468. The van der Waals surface area contributed by atoms with Crippen LogP contribution in [0, 0.1) is 5.92 Å². The van der Waals surface area contributed by atoms with Crippen LogP contribution < -0.4 is 5.32 Å². The molecule has 1 aliphatic rings. The third-order valence-corrected chi connectivity index (χ3v) is 3.61. The Labute approximate surface area is 115 Å². The molecule has 1 aromatic heterocycles. The van der Waals surface area contributed by atoms with E-state index in [9.17, 15) is 18.0 Å². The van der Waals surface area contributed by atoms with E-state index in [2.05, 4.69) is 10.3 Å². The van der Waals surface area contributed by atoms with Gasteiger partial charge >= 0.3 is 6.18 Å². The molecule has 0 radical (unpaired) electrons. The van der Waals surface area contributed by atoms with Gasteiger partial charge in [-0.3, -0.25) is 9.78 Å². The summed E-state index contributed by atoms with van der Waals surface area (Å²) in [6.45, 7) is 1.82. The molecule has 0 amide bonds. The minimum absolute atomic E-state index is 0.140. The number of aromatic nitrogens is 1. The van der Waals surface area contributed by atoms with Gasteiger partial charge in [0.15, 0.2) is 5.78 Å². The first-order chi connectivity index (χ1) is 9.48. The lowest BCUT2D eigenvalue weighted by Crippen LogP contribution is -2.30. The normalized spacial score (nSPS) is 19.9. The van der Waals surface area contributed by atoms with Gasteiger partial charge < -0.3 is 5.32 Å². The van der Waals surface area contributed by atoms with Crippen molar-refractivity contribution in [3.05, 3.63) is 29.6 Å². The van der Waals surface area contributed by atoms with Crippen molar-refractivity contribution in [3.8, 4) is 0 Å². The average Bonchev–Trinajstić information content (AvgIpc) is 2.45. The van der Waals surface area contributed by atoms with Crippen molar-refractivity contribution in [1.29, 1.82) is 0 Å². The number of hydrogen-bond donors (Lipinski definition) is 1. The molecule has 110 valence electrons. The van der Waals surface area contributed by atoms with Crippen LogP contribution in [0.1, 0.15) is 41.6 Å². The van der Waals surface area contributed by atoms with Crippen molar-refractivity contribution >= 4 is 5.78 Å². The van der Waals surface area contributed by atoms with Gasteiger partial charge in [0.1, 0.15) is 0 Å². The average molecular weight is 286 g/mol. The molecule has 6 heteroatoms. The molecule has 0 saturated carbocycles. The standard InChI is InChI=1S/C14H17F3N2O/c15-14(16,17)12-5-7-19-9-11(12)13(20)4-3-10-2-1-6-18-8-10/h5,7,9-10,18H,1-4,6,8H2. The van der Waals surface area contributed by atoms with E-state index < -0.39 is 17.5 Å². The molecule has 1 atom stereocenters. The SMILES string of the molecule is O=C(CCC1CCCNC1)c1cnccc1C(F)(F)F. The van der Waals surface area contributed by atoms with Crippen molar-refractivity contribution in [2.45, 2.75) is 31.9 Å². The smallest absolute Gasteiger partial charge is 0.316 e. The molecule has 2 rings (SSSR count). The van der Waals surface area contributed by atoms with Crippen molar-refractivity contribution in [3.63, 3.8) is 0 Å². The number of rotatable bonds is 4. The number of nitrogens with zero attached hydrogens (tertiary/aromatic N) is 1. The Kier molecular flexibility index (Phi) is 4.75. The van der Waals surface area contributed by atoms with Crippen molar-refractivity contribution < 1.29 is 18.0 Å². The molecule has 1 aliphatic heterocycles. The summed E-state index contributed by atoms with van der Waals surface area (Å²) >= 11 is 0. The highest BCUT2D eigenvalue weighted by Gasteiger charge is 2.35. The monoisotopic (exact) mass is 286 g/mol. The fourth-order valence-electron chi connectivity index (χ4n) is 2.50. The lowest BCUT2D eigenvalue weighted by molar-refractivity contribution is -0.138. The lowest BCUT2D eigenvalue weighted by atomic mass is 9.92. The van der Waals surface area contributed by atoms with Crippen molar-refractivity contribution in [1.82, 2.24) is 10.3 Å². The summed E-state index contributed by atoms with van der Waals surface area (Å²) in [5.74, 6) is -0.102. The highest BCUT2D eigenvalue weighted by molar-refractivity contribution is 5.97. The van der Waals surface area contributed by atoms with Crippen LogP contribution in [0.2, 0.25) is 0 Å². The number of halogens is 3. The van der Waals surface area contributed by atoms with Gasteiger partial charge in [0.2, 0.25) is 0 Å². The van der Waals surface area contributed by atoms with Crippen LogP contribution in [-0.2, 0) is 6.18 Å². The molecule has 1 fully saturated rings. The maximum atomic E-state index is 12.8. The van der Waals surface area contributed by atoms with Crippen molar-refractivity contribution in [2.75, 3.05) is 13.1 Å². The molecule has 0 spiro atoms. The maximum Gasteiger partial charge on any atom is 0.417 e. The number of Topliss-reactive ketones (excluding diaryl/α,β-unsaturated/α-hetero) is 1. The van der Waals surface area contributed by atoms with Gasteiger partial charge in [-0.25, -0.2) is 0 Å². The van der Waals surface area contributed by atoms with E-state index in [-0.39, 0.29) is 12.0 Å². The summed E-state index contributed by atoms with van der Waals surface area (Å²) in [6.07, 6.45) is 0.410. The fourth-order valence-corrected chi connectivity index (χ4v) is 2.50. The topological polar surface area (TPSA) is 42.0 Å². The zero-order chi connectivity index (χ0) is 14.6. The second kappa shape index (κ2) is 6.35. The Balaban J connectivity index is 2.02. The molecule has 1 N–H and O–H groups in total. The molecule has 1 saturated heterocycles. The molecule has 20 heavy (non-hydrogen) atoms. The van der Waals surface area contributed by atoms with Crippen LogP contribution in [0.15, 0.2) is 18.5 Å². The molecule has 3 nitrogen and oxygen atoms in total. The first kappa shape index (κ1) is 15.0. The van der Waals surface area contributed by atoms with E-state index in [0.717, 1.165) is 44.4 Å². The largest absolute Gasteiger partial charge is 0.417 e. The number of ketones is 1. The van der Waals surface area contributed by atoms with Gasteiger partial charge in [0, 0.05) is 24.4 Å². The van der Waals surface area contributed by atoms with E-state index in [1.165, 1.54) is 0 Å². The Morgan fingerprint density at radius 2 is 2.25 bits per heavy atom. The molecule has 0 aliphatic carbocycles. The molecular weight excluding hydrogens is 269 g/mol. The molecule has 0 bridgehead atoms. The predicted molar refractivity (Wildman–Crippen MR) is 68.4 cm³/mol. The first-order valence-corrected chi connectivity index (χ1v) is 6.73. The van der Waals surface area contributed by atoms with Gasteiger partial charge in [0.25, 0.3) is 0 Å². The highest BCUT2D eigenvalue weighted by atomic mass is 19.4. The van der Waals surface area contributed by atoms with Gasteiger partial charge in [-0.1, -0.05) is 0 Å². The highest BCUT2D eigenvalue weighted by Crippen LogP contribution is 2.32. The molecule has 2 heterocycles. The first-order valence-electron chi connectivity index (χ1n) is 6.73. The number of alkyl halides is 3. The Hall–Kier alpha value is -1.43. The zero-order valence-electron chi connectivity index (χ0n) is 11.0. The number of nitrogens with one attached hydrogen (secondary N) is 1. The summed E-state index contributed by atoms with van der Waals surface area (Å²) in [4.78, 5) is 15.6. The second-order valence-electron chi connectivity index (χ2n) is 5.09. The maximum absolute atomic E-state index is 12.8. The van der Waals surface area contributed by atoms with Crippen LogP contribution >= 0.6 is 0 Å². The van der Waals surface area contributed by atoms with Crippen LogP contribution in [0.25, 0.3) is 0 Å². The minimum atomic E-state index is -4.51. The fraction of sp³-hybridized carbons (Fsp3) is 0.571. The Morgan fingerprint density at radius 1 is 1.45 bits per heavy atom. The van der Waals surface area contributed by atoms with Crippen LogP contribution in [0.3, 0.4) is 0 Å². The molecular formula is C14H17F3N2O. The van der Waals surface area contributed by atoms with Gasteiger partial charge in [-0.15, -0.1) is 0 Å². The van der Waals surface area contributed by atoms with Crippen LogP contribution in [-0.4, -0.2) is 23.9 Å². The number of carbonyl (C=O) groups excluding carboxylic acids is 1. The summed E-state index contributed by atoms with van der Waals surface area (Å²) in [5, 5.41) is 3.23. The van der Waals surface area contributed by atoms with Crippen LogP contribution in [0.4, 0.5) is 13.2 Å². The van der Waals surface area contributed by atoms with E-state index in [0.29, 0.717) is 12.3 Å². The lowest BCUT2D eigenvalue weighted by Gasteiger charge is -2.22. The van der Waals surface area contributed by atoms with E-state index in [1.54, 1.807) is 0 Å². The summed E-state index contributed by atoms with van der Waals surface area (Å²) in [6, 6.07) is 0.857. The summed E-state index contributed by atoms with van der Waals surface area (Å²) in [7, 11) is 0. The minimum Gasteiger partial charge on any atom is -0.316 e. The quantitative estimate of drug-likeness (QED) is 0.865. The second-order valence-corrected chi connectivity index (χ2v) is 5.09. The number of piperidine rings is 1. The van der Waals surface area contributed by atoms with E-state index in [1.807, 2.05) is 0 Å². The summed E-state index contributed by atoms with van der Waals surface area (Å²) in [5.41, 5.74) is -1.21.